The summed E-state index contributed by atoms with van der Waals surface area (Å²) in [5.41, 5.74) is 0.203. The van der Waals surface area contributed by atoms with Crippen LogP contribution in [-0.2, 0) is 4.79 Å². The zero-order chi connectivity index (χ0) is 11.4. The number of nitrogens with zero attached hydrogens (tertiary/aromatic N) is 1. The Morgan fingerprint density at radius 2 is 1.87 bits per heavy atom. The lowest BCUT2D eigenvalue weighted by Crippen LogP contribution is -2.43. The van der Waals surface area contributed by atoms with Gasteiger partial charge in [-0.15, -0.1) is 11.6 Å². The van der Waals surface area contributed by atoms with Crippen LogP contribution in [0.1, 0.15) is 10.4 Å². The molecule has 0 bridgehead atoms. The number of benzene rings is 1. The molecule has 5 nitrogen and oxygen atoms in total. The van der Waals surface area contributed by atoms with Crippen LogP contribution in [0.5, 0.6) is 5.75 Å². The zero-order valence-corrected chi connectivity index (χ0v) is 8.44. The Kier molecular flexibility index (Phi) is 3.65. The van der Waals surface area contributed by atoms with Crippen LogP contribution in [0, 0.1) is 0 Å². The number of amides is 2. The summed E-state index contributed by atoms with van der Waals surface area (Å²) in [6, 6.07) is 5.37. The molecule has 0 aromatic heterocycles. The number of carbonyl (C=O) groups excluding carboxylic acids is 2. The van der Waals surface area contributed by atoms with Crippen molar-refractivity contribution < 1.29 is 14.7 Å². The predicted molar refractivity (Wildman–Crippen MR) is 54.2 cm³/mol. The molecule has 0 atom stereocenters. The van der Waals surface area contributed by atoms with Crippen molar-refractivity contribution in [3.63, 3.8) is 0 Å². The number of hydrogen-bond acceptors (Lipinski definition) is 4. The summed E-state index contributed by atoms with van der Waals surface area (Å²) in [6.45, 7) is 0. The third kappa shape index (κ3) is 2.68. The molecule has 6 heteroatoms. The van der Waals surface area contributed by atoms with E-state index >= 15 is 0 Å². The van der Waals surface area contributed by atoms with E-state index in [4.69, 9.17) is 22.6 Å². The molecule has 80 valence electrons. The number of alkyl halides is 1. The fourth-order valence-corrected chi connectivity index (χ4v) is 1.05. The van der Waals surface area contributed by atoms with Crippen molar-refractivity contribution in [2.75, 3.05) is 5.88 Å². The number of phenolic OH excluding ortho intramolecular Hbond substituents is 1. The van der Waals surface area contributed by atoms with Crippen LogP contribution in [0.4, 0.5) is 0 Å². The standard InChI is InChI=1S/C9H9ClN2O3/c10-5-8(14)12(11)9(15)6-1-3-7(13)4-2-6/h1-4,13H,5,11H2. The van der Waals surface area contributed by atoms with Crippen LogP contribution in [0.2, 0.25) is 0 Å². The van der Waals surface area contributed by atoms with Crippen LogP contribution >= 0.6 is 11.6 Å². The Morgan fingerprint density at radius 1 is 1.33 bits per heavy atom. The summed E-state index contributed by atoms with van der Waals surface area (Å²) in [7, 11) is 0. The Hall–Kier alpha value is -1.59. The minimum Gasteiger partial charge on any atom is -0.508 e. The molecule has 0 aliphatic rings. The van der Waals surface area contributed by atoms with Crippen molar-refractivity contribution in [2.45, 2.75) is 0 Å². The third-order valence-corrected chi connectivity index (χ3v) is 1.94. The smallest absolute Gasteiger partial charge is 0.274 e. The molecule has 0 aliphatic carbocycles. The number of halogens is 1. The van der Waals surface area contributed by atoms with E-state index in [0.717, 1.165) is 0 Å². The van der Waals surface area contributed by atoms with E-state index in [9.17, 15) is 9.59 Å². The second-order valence-corrected chi connectivity index (χ2v) is 3.02. The Bertz CT molecular complexity index is 377. The number of nitrogens with two attached hydrogens (primary N) is 1. The molecule has 2 amide bonds. The maximum absolute atomic E-state index is 11.5. The maximum atomic E-state index is 11.5. The summed E-state index contributed by atoms with van der Waals surface area (Å²) in [5, 5.41) is 9.43. The number of aromatic hydroxyl groups is 1. The summed E-state index contributed by atoms with van der Waals surface area (Å²) >= 11 is 5.24. The lowest BCUT2D eigenvalue weighted by Gasteiger charge is -2.12. The second-order valence-electron chi connectivity index (χ2n) is 2.75. The van der Waals surface area contributed by atoms with Gasteiger partial charge >= 0.3 is 0 Å². The molecule has 0 radical (unpaired) electrons. The normalized spacial score (nSPS) is 9.73. The van der Waals surface area contributed by atoms with E-state index < -0.39 is 11.8 Å². The van der Waals surface area contributed by atoms with E-state index in [2.05, 4.69) is 0 Å². The van der Waals surface area contributed by atoms with Crippen molar-refractivity contribution in [1.29, 1.82) is 0 Å². The van der Waals surface area contributed by atoms with Gasteiger partial charge in [-0.2, -0.15) is 0 Å². The fourth-order valence-electron chi connectivity index (χ4n) is 0.921. The highest BCUT2D eigenvalue weighted by Crippen LogP contribution is 2.10. The monoisotopic (exact) mass is 228 g/mol. The first-order chi connectivity index (χ1) is 7.06. The molecular formula is C9H9ClN2O3. The highest BCUT2D eigenvalue weighted by Gasteiger charge is 2.18. The Balaban J connectivity index is 2.85. The van der Waals surface area contributed by atoms with Crippen LogP contribution in [0.3, 0.4) is 0 Å². The van der Waals surface area contributed by atoms with Gasteiger partial charge in [0.15, 0.2) is 0 Å². The first-order valence-electron chi connectivity index (χ1n) is 4.03. The van der Waals surface area contributed by atoms with E-state index in [1.807, 2.05) is 0 Å². The van der Waals surface area contributed by atoms with Crippen molar-refractivity contribution in [3.8, 4) is 5.75 Å². The second kappa shape index (κ2) is 4.77. The molecule has 0 unspecified atom stereocenters. The average Bonchev–Trinajstić information content (AvgIpc) is 2.27. The molecule has 0 heterocycles. The molecule has 0 aliphatic heterocycles. The summed E-state index contributed by atoms with van der Waals surface area (Å²) in [5.74, 6) is 3.54. The van der Waals surface area contributed by atoms with Gasteiger partial charge in [0, 0.05) is 5.56 Å². The average molecular weight is 229 g/mol. The maximum Gasteiger partial charge on any atom is 0.274 e. The van der Waals surface area contributed by atoms with Crippen LogP contribution in [0.15, 0.2) is 24.3 Å². The third-order valence-electron chi connectivity index (χ3n) is 1.72. The van der Waals surface area contributed by atoms with Gasteiger partial charge in [-0.3, -0.25) is 9.59 Å². The molecule has 0 saturated carbocycles. The minimum absolute atomic E-state index is 0.0267. The minimum atomic E-state index is -0.685. The van der Waals surface area contributed by atoms with E-state index in [1.165, 1.54) is 24.3 Å². The Labute approximate surface area is 91.0 Å². The first-order valence-corrected chi connectivity index (χ1v) is 4.56. The molecule has 1 rings (SSSR count). The fraction of sp³-hybridized carbons (Fsp3) is 0.111. The summed E-state index contributed by atoms with van der Waals surface area (Å²) < 4.78 is 0. The molecule has 1 aromatic carbocycles. The number of rotatable bonds is 2. The van der Waals surface area contributed by atoms with Crippen molar-refractivity contribution >= 4 is 23.4 Å². The van der Waals surface area contributed by atoms with Crippen LogP contribution in [-0.4, -0.2) is 27.8 Å². The van der Waals surface area contributed by atoms with Gasteiger partial charge in [0.05, 0.1) is 0 Å². The molecule has 15 heavy (non-hydrogen) atoms. The molecule has 1 aromatic rings. The highest BCUT2D eigenvalue weighted by molar-refractivity contribution is 6.28. The largest absolute Gasteiger partial charge is 0.508 e. The zero-order valence-electron chi connectivity index (χ0n) is 7.68. The van der Waals surface area contributed by atoms with Crippen molar-refractivity contribution in [3.05, 3.63) is 29.8 Å². The van der Waals surface area contributed by atoms with E-state index in [-0.39, 0.29) is 17.2 Å². The topological polar surface area (TPSA) is 83.6 Å². The van der Waals surface area contributed by atoms with Crippen LogP contribution < -0.4 is 5.84 Å². The first kappa shape index (κ1) is 11.5. The SMILES string of the molecule is NN(C(=O)CCl)C(=O)c1ccc(O)cc1. The molecule has 3 N–H and O–H groups in total. The molecular weight excluding hydrogens is 220 g/mol. The number of hydrazine groups is 1. The molecule has 0 saturated heterocycles. The quantitative estimate of drug-likeness (QED) is 0.334. The number of carbonyl (C=O) groups is 2. The van der Waals surface area contributed by atoms with Gasteiger partial charge in [0.2, 0.25) is 0 Å². The van der Waals surface area contributed by atoms with Crippen molar-refractivity contribution in [2.24, 2.45) is 5.84 Å². The lowest BCUT2D eigenvalue weighted by molar-refractivity contribution is -0.126. The summed E-state index contributed by atoms with van der Waals surface area (Å²) in [4.78, 5) is 22.5. The van der Waals surface area contributed by atoms with Crippen molar-refractivity contribution in [1.82, 2.24) is 5.01 Å². The predicted octanol–water partition coefficient (Wildman–Crippen LogP) is 0.474. The number of hydrogen-bond donors (Lipinski definition) is 2. The van der Waals surface area contributed by atoms with Gasteiger partial charge in [-0.1, -0.05) is 0 Å². The Morgan fingerprint density at radius 3 is 2.33 bits per heavy atom. The molecule has 0 fully saturated rings. The number of imide groups is 1. The van der Waals surface area contributed by atoms with E-state index in [0.29, 0.717) is 5.01 Å². The number of phenols is 1. The van der Waals surface area contributed by atoms with Crippen LogP contribution in [0.25, 0.3) is 0 Å². The highest BCUT2D eigenvalue weighted by atomic mass is 35.5. The van der Waals surface area contributed by atoms with E-state index in [1.54, 1.807) is 0 Å². The molecule has 0 spiro atoms. The summed E-state index contributed by atoms with van der Waals surface area (Å²) in [6.07, 6.45) is 0. The van der Waals surface area contributed by atoms with Gasteiger partial charge in [-0.25, -0.2) is 10.9 Å². The lowest BCUT2D eigenvalue weighted by atomic mass is 10.2. The van der Waals surface area contributed by atoms with Gasteiger partial charge in [0.1, 0.15) is 11.6 Å². The van der Waals surface area contributed by atoms with Gasteiger partial charge in [0.25, 0.3) is 11.8 Å². The van der Waals surface area contributed by atoms with Gasteiger partial charge < -0.3 is 5.11 Å². The van der Waals surface area contributed by atoms with Gasteiger partial charge in [-0.05, 0) is 24.3 Å².